The van der Waals surface area contributed by atoms with Gasteiger partial charge in [-0.15, -0.1) is 0 Å². The molecule has 0 saturated carbocycles. The lowest BCUT2D eigenvalue weighted by atomic mass is 10.0. The van der Waals surface area contributed by atoms with Crippen molar-refractivity contribution in [2.45, 2.75) is 19.1 Å². The van der Waals surface area contributed by atoms with Gasteiger partial charge in [0, 0.05) is 12.5 Å². The summed E-state index contributed by atoms with van der Waals surface area (Å²) < 4.78 is 20.1. The predicted octanol–water partition coefficient (Wildman–Crippen LogP) is 2.19. The second kappa shape index (κ2) is 8.75. The molecular weight excluding hydrogens is 405 g/mol. The van der Waals surface area contributed by atoms with Gasteiger partial charge in [0.25, 0.3) is 0 Å². The summed E-state index contributed by atoms with van der Waals surface area (Å²) in [7, 11) is 0. The fourth-order valence-corrected chi connectivity index (χ4v) is 3.47. The van der Waals surface area contributed by atoms with Gasteiger partial charge in [-0.3, -0.25) is 20.0 Å². The van der Waals surface area contributed by atoms with Gasteiger partial charge in [0.2, 0.25) is 5.91 Å². The number of anilines is 1. The summed E-state index contributed by atoms with van der Waals surface area (Å²) in [5.74, 6) is -0.679. The van der Waals surface area contributed by atoms with Crippen molar-refractivity contribution in [3.05, 3.63) is 59.9 Å². The van der Waals surface area contributed by atoms with Crippen molar-refractivity contribution >= 4 is 23.4 Å². The van der Waals surface area contributed by atoms with E-state index in [4.69, 9.17) is 14.7 Å². The third-order valence-electron chi connectivity index (χ3n) is 5.08. The average molecular weight is 427 g/mol. The Labute approximate surface area is 178 Å². The molecule has 9 heteroatoms. The van der Waals surface area contributed by atoms with Crippen molar-refractivity contribution in [3.63, 3.8) is 0 Å². The summed E-state index contributed by atoms with van der Waals surface area (Å²) in [6.07, 6.45) is 0.320. The number of nitrogens with zero attached hydrogens (tertiary/aromatic N) is 1. The zero-order valence-electron chi connectivity index (χ0n) is 16.8. The number of aliphatic hydroxyl groups excluding tert-OH is 1. The number of hydrogen-bond acceptors (Lipinski definition) is 6. The number of amides is 2. The number of aliphatic hydroxyl groups is 1. The molecule has 3 N–H and O–H groups in total. The first-order valence-corrected chi connectivity index (χ1v) is 9.82. The van der Waals surface area contributed by atoms with Gasteiger partial charge in [0.15, 0.2) is 0 Å². The molecule has 8 nitrogen and oxygen atoms in total. The number of cyclic esters (lactones) is 1. The molecule has 2 heterocycles. The fraction of sp³-hybridized carbons (Fsp3) is 0.273. The van der Waals surface area contributed by atoms with Crippen molar-refractivity contribution in [1.29, 1.82) is 0 Å². The molecule has 2 atom stereocenters. The largest absolute Gasteiger partial charge is 0.442 e. The molecule has 2 aromatic carbocycles. The molecule has 1 fully saturated rings. The van der Waals surface area contributed by atoms with Crippen molar-refractivity contribution in [2.75, 3.05) is 24.6 Å². The van der Waals surface area contributed by atoms with E-state index in [1.54, 1.807) is 30.3 Å². The number of benzene rings is 2. The van der Waals surface area contributed by atoms with Gasteiger partial charge in [0.05, 0.1) is 31.1 Å². The molecule has 0 aliphatic carbocycles. The molecule has 0 spiro atoms. The average Bonchev–Trinajstić information content (AvgIpc) is 3.39. The van der Waals surface area contributed by atoms with Crippen LogP contribution >= 0.6 is 0 Å². The standard InChI is InChI=1S/C22H22FN3O5/c1-13(28)24-10-18-11-26(22(29)30-18)16-6-7-19(20(23)8-16)14-2-4-15(5-3-14)21-9-17(12-27)31-25-21/h2-9,17-18,25,27H,10-12H2,1H3,(H,24,28)/t17?,18-/m0/s1. The highest BCUT2D eigenvalue weighted by Crippen LogP contribution is 2.30. The number of nitrogens with one attached hydrogen (secondary N) is 2. The van der Waals surface area contributed by atoms with Crippen LogP contribution in [0.25, 0.3) is 16.8 Å². The van der Waals surface area contributed by atoms with Crippen molar-refractivity contribution in [3.8, 4) is 11.1 Å². The SMILES string of the molecule is CC(=O)NC[C@H]1CN(c2ccc(-c3ccc(C4=CC(CO)ON4)cc3)c(F)c2)C(=O)O1. The molecule has 2 amide bonds. The molecule has 0 aromatic heterocycles. The van der Waals surface area contributed by atoms with Crippen LogP contribution in [0.1, 0.15) is 12.5 Å². The van der Waals surface area contributed by atoms with E-state index in [-0.39, 0.29) is 25.6 Å². The van der Waals surface area contributed by atoms with E-state index in [1.807, 2.05) is 12.1 Å². The lowest BCUT2D eigenvalue weighted by molar-refractivity contribution is -0.119. The molecule has 1 saturated heterocycles. The molecule has 31 heavy (non-hydrogen) atoms. The minimum absolute atomic E-state index is 0.120. The Balaban J connectivity index is 1.48. The maximum Gasteiger partial charge on any atom is 0.414 e. The zero-order chi connectivity index (χ0) is 22.0. The summed E-state index contributed by atoms with van der Waals surface area (Å²) in [5.41, 5.74) is 5.82. The molecule has 1 unspecified atom stereocenters. The monoisotopic (exact) mass is 427 g/mol. The van der Waals surface area contributed by atoms with E-state index in [0.29, 0.717) is 16.8 Å². The Morgan fingerprint density at radius 2 is 2.00 bits per heavy atom. The third kappa shape index (κ3) is 4.52. The summed E-state index contributed by atoms with van der Waals surface area (Å²) in [4.78, 5) is 29.7. The highest BCUT2D eigenvalue weighted by atomic mass is 19.1. The first-order valence-electron chi connectivity index (χ1n) is 9.82. The fourth-order valence-electron chi connectivity index (χ4n) is 3.47. The summed E-state index contributed by atoms with van der Waals surface area (Å²) in [5, 5.41) is 11.7. The Kier molecular flexibility index (Phi) is 5.88. The lowest BCUT2D eigenvalue weighted by Gasteiger charge is -2.15. The van der Waals surface area contributed by atoms with Crippen molar-refractivity contribution < 1.29 is 28.7 Å². The van der Waals surface area contributed by atoms with E-state index in [2.05, 4.69) is 10.8 Å². The number of halogens is 1. The normalized spacial score (nSPS) is 20.3. The van der Waals surface area contributed by atoms with Gasteiger partial charge in [0.1, 0.15) is 18.0 Å². The lowest BCUT2D eigenvalue weighted by Crippen LogP contribution is -2.33. The first-order chi connectivity index (χ1) is 14.9. The zero-order valence-corrected chi connectivity index (χ0v) is 16.8. The van der Waals surface area contributed by atoms with Gasteiger partial charge in [-0.2, -0.15) is 0 Å². The highest BCUT2D eigenvalue weighted by Gasteiger charge is 2.32. The van der Waals surface area contributed by atoms with Gasteiger partial charge in [-0.05, 0) is 35.4 Å². The molecule has 2 aliphatic rings. The number of carbonyl (C=O) groups excluding carboxylic acids is 2. The summed E-state index contributed by atoms with van der Waals surface area (Å²) >= 11 is 0. The van der Waals surface area contributed by atoms with Crippen LogP contribution in [-0.4, -0.2) is 49.0 Å². The van der Waals surface area contributed by atoms with Gasteiger partial charge >= 0.3 is 6.09 Å². The Morgan fingerprint density at radius 3 is 2.65 bits per heavy atom. The minimum atomic E-state index is -0.576. The Hall–Kier alpha value is -3.43. The maximum atomic E-state index is 14.9. The van der Waals surface area contributed by atoms with E-state index < -0.39 is 24.1 Å². The second-order valence-electron chi connectivity index (χ2n) is 7.32. The molecule has 4 rings (SSSR count). The number of ether oxygens (including phenoxy) is 1. The highest BCUT2D eigenvalue weighted by molar-refractivity contribution is 5.90. The predicted molar refractivity (Wildman–Crippen MR) is 111 cm³/mol. The van der Waals surface area contributed by atoms with Crippen molar-refractivity contribution in [1.82, 2.24) is 10.8 Å². The second-order valence-corrected chi connectivity index (χ2v) is 7.32. The van der Waals surface area contributed by atoms with E-state index >= 15 is 0 Å². The van der Waals surface area contributed by atoms with Gasteiger partial charge in [-0.1, -0.05) is 24.3 Å². The smallest absolute Gasteiger partial charge is 0.414 e. The van der Waals surface area contributed by atoms with Crippen molar-refractivity contribution in [2.24, 2.45) is 0 Å². The molecular formula is C22H22FN3O5. The Morgan fingerprint density at radius 1 is 1.26 bits per heavy atom. The first kappa shape index (κ1) is 20.8. The van der Waals surface area contributed by atoms with Crippen LogP contribution in [0.2, 0.25) is 0 Å². The summed E-state index contributed by atoms with van der Waals surface area (Å²) in [6.45, 7) is 1.70. The third-order valence-corrected chi connectivity index (χ3v) is 5.08. The molecule has 2 aliphatic heterocycles. The Bertz CT molecular complexity index is 1020. The van der Waals surface area contributed by atoms with Gasteiger partial charge in [-0.25, -0.2) is 9.18 Å². The molecule has 0 bridgehead atoms. The van der Waals surface area contributed by atoms with Crippen LogP contribution in [0, 0.1) is 5.82 Å². The maximum absolute atomic E-state index is 14.9. The van der Waals surface area contributed by atoms with Crippen LogP contribution < -0.4 is 15.7 Å². The minimum Gasteiger partial charge on any atom is -0.442 e. The quantitative estimate of drug-likeness (QED) is 0.654. The van der Waals surface area contributed by atoms with Gasteiger partial charge < -0.3 is 15.2 Å². The number of carbonyl (C=O) groups is 2. The van der Waals surface area contributed by atoms with Crippen LogP contribution in [0.3, 0.4) is 0 Å². The van der Waals surface area contributed by atoms with Crippen LogP contribution in [0.4, 0.5) is 14.9 Å². The topological polar surface area (TPSA) is 100 Å². The number of rotatable bonds is 6. The van der Waals surface area contributed by atoms with E-state index in [9.17, 15) is 14.0 Å². The van der Waals surface area contributed by atoms with Crippen LogP contribution in [0.15, 0.2) is 48.5 Å². The van der Waals surface area contributed by atoms with E-state index in [1.165, 1.54) is 17.9 Å². The van der Waals surface area contributed by atoms with Crippen LogP contribution in [0.5, 0.6) is 0 Å². The van der Waals surface area contributed by atoms with Crippen LogP contribution in [-0.2, 0) is 14.4 Å². The summed E-state index contributed by atoms with van der Waals surface area (Å²) in [6, 6.07) is 11.8. The molecule has 0 radical (unpaired) electrons. The molecule has 162 valence electrons. The number of hydrogen-bond donors (Lipinski definition) is 3. The van der Waals surface area contributed by atoms with E-state index in [0.717, 1.165) is 11.3 Å². The number of hydroxylamine groups is 1. The molecule has 2 aromatic rings.